The Balaban J connectivity index is 1.47. The zero-order valence-corrected chi connectivity index (χ0v) is 30.7. The predicted octanol–water partition coefficient (Wildman–Crippen LogP) is 7.52. The first-order valence-corrected chi connectivity index (χ1v) is 19.5. The minimum absolute atomic E-state index is 0.00802. The molecule has 3 atom stereocenters. The summed E-state index contributed by atoms with van der Waals surface area (Å²) in [4.78, 5) is 14.4. The Labute approximate surface area is 298 Å². The van der Waals surface area contributed by atoms with Crippen molar-refractivity contribution in [1.29, 1.82) is 0 Å². The van der Waals surface area contributed by atoms with Crippen molar-refractivity contribution in [1.82, 2.24) is 20.7 Å². The molecule has 3 aromatic carbocycles. The molecule has 3 heterocycles. The molecule has 4 N–H and O–H groups in total. The average molecular weight is 723 g/mol. The van der Waals surface area contributed by atoms with Gasteiger partial charge in [-0.25, -0.2) is 27.6 Å². The van der Waals surface area contributed by atoms with Gasteiger partial charge in [-0.1, -0.05) is 51.5 Å². The van der Waals surface area contributed by atoms with Crippen molar-refractivity contribution >= 4 is 26.7 Å². The molecule has 0 radical (unpaired) electrons. The van der Waals surface area contributed by atoms with Crippen molar-refractivity contribution in [3.63, 3.8) is 0 Å². The Morgan fingerprint density at radius 2 is 1.84 bits per heavy atom. The summed E-state index contributed by atoms with van der Waals surface area (Å²) in [7, 11) is -3.58. The fourth-order valence-corrected chi connectivity index (χ4v) is 9.72. The molecule has 0 spiro atoms. The molecule has 51 heavy (non-hydrogen) atoms. The van der Waals surface area contributed by atoms with E-state index in [-0.39, 0.29) is 41.9 Å². The van der Waals surface area contributed by atoms with Gasteiger partial charge in [0.15, 0.2) is 21.4 Å². The van der Waals surface area contributed by atoms with Crippen molar-refractivity contribution in [2.75, 3.05) is 11.5 Å². The summed E-state index contributed by atoms with van der Waals surface area (Å²) in [5, 5.41) is 15.6. The van der Waals surface area contributed by atoms with Gasteiger partial charge in [-0.05, 0) is 80.3 Å². The Morgan fingerprint density at radius 1 is 1.06 bits per heavy atom. The van der Waals surface area contributed by atoms with Crippen LogP contribution in [0.2, 0.25) is 0 Å². The lowest BCUT2D eigenvalue weighted by molar-refractivity contribution is -0.136. The average Bonchev–Trinajstić information content (AvgIpc) is 3.72. The molecule has 0 amide bonds. The molecule has 1 aromatic heterocycles. The molecule has 1 fully saturated rings. The summed E-state index contributed by atoms with van der Waals surface area (Å²) in [5.74, 6) is -2.07. The number of ether oxygens (including phenoxy) is 1. The van der Waals surface area contributed by atoms with E-state index in [0.29, 0.717) is 47.7 Å². The van der Waals surface area contributed by atoms with Crippen LogP contribution in [-0.4, -0.2) is 53.2 Å². The van der Waals surface area contributed by atoms with Gasteiger partial charge in [0.05, 0.1) is 17.7 Å². The normalized spacial score (nSPS) is 24.1. The van der Waals surface area contributed by atoms with Crippen molar-refractivity contribution in [3.05, 3.63) is 94.7 Å². The van der Waals surface area contributed by atoms with E-state index in [1.54, 1.807) is 18.3 Å². The van der Waals surface area contributed by atoms with E-state index in [2.05, 4.69) is 22.7 Å². The van der Waals surface area contributed by atoms with Crippen LogP contribution in [-0.2, 0) is 32.9 Å². The third-order valence-electron chi connectivity index (χ3n) is 10.5. The van der Waals surface area contributed by atoms with Crippen LogP contribution in [0.4, 0.5) is 8.78 Å². The topological polar surface area (TPSA) is 124 Å². The third-order valence-corrected chi connectivity index (χ3v) is 12.5. The minimum atomic E-state index is -3.58. The standard InChI is InChI=1S/C39H48F2N4O5S/c1-24(2)45-36-30-21-27(11-12-31(30)40)50-35-29(28-14-18-42-33(28)22-32(35)41)15-19-51(48,49)23-38(3,4)16-7-17-39(5,37(43-36)44-45)26-9-6-8-25(20-26)10-13-34(46)47/h6,8-9,11-12,14,18,20-22,24,36-37,42-44H,7,10,13,15-17,19,23H2,1-5H3,(H,46,47). The summed E-state index contributed by atoms with van der Waals surface area (Å²) in [5.41, 5.74) is 5.66. The SMILES string of the molecule is CC(C)N1NC2NC1c1cc(ccc1F)Oc1c(F)cc3[nH]ccc3c1CCS(=O)(=O)CC(C)(C)CCCC2(C)c1cccc(CCC(=O)O)c1. The molecular formula is C39H48F2N4O5S. The molecule has 274 valence electrons. The number of H-pyrrole nitrogens is 1. The monoisotopic (exact) mass is 722 g/mol. The lowest BCUT2D eigenvalue weighted by Gasteiger charge is -2.38. The zero-order valence-electron chi connectivity index (χ0n) is 29.9. The number of carbonyl (C=O) groups is 1. The number of hydrogen-bond acceptors (Lipinski definition) is 7. The van der Waals surface area contributed by atoms with E-state index in [4.69, 9.17) is 4.74 Å². The van der Waals surface area contributed by atoms with E-state index in [9.17, 15) is 18.3 Å². The van der Waals surface area contributed by atoms with E-state index in [0.717, 1.165) is 11.1 Å². The Hall–Kier alpha value is -3.84. The Bertz CT molecular complexity index is 2030. The lowest BCUT2D eigenvalue weighted by atomic mass is 9.73. The van der Waals surface area contributed by atoms with Crippen LogP contribution in [0.5, 0.6) is 11.5 Å². The number of rotatable bonds is 5. The highest BCUT2D eigenvalue weighted by atomic mass is 32.2. The second kappa shape index (κ2) is 14.3. The number of aryl methyl sites for hydroxylation is 2. The number of carboxylic acids is 1. The fraction of sp³-hybridized carbons (Fsp3) is 0.462. The Kier molecular flexibility index (Phi) is 10.4. The van der Waals surface area contributed by atoms with Gasteiger partial charge in [-0.3, -0.25) is 10.1 Å². The van der Waals surface area contributed by atoms with E-state index in [1.165, 1.54) is 18.2 Å². The van der Waals surface area contributed by atoms with Gasteiger partial charge in [-0.2, -0.15) is 0 Å². The molecule has 4 aromatic rings. The number of nitrogens with zero attached hydrogens (tertiary/aromatic N) is 1. The highest BCUT2D eigenvalue weighted by Gasteiger charge is 2.45. The molecule has 0 aliphatic carbocycles. The number of fused-ring (bicyclic) bond motifs is 8. The highest BCUT2D eigenvalue weighted by Crippen LogP contribution is 2.42. The van der Waals surface area contributed by atoms with Gasteiger partial charge in [0, 0.05) is 52.2 Å². The van der Waals surface area contributed by atoms with Crippen molar-refractivity contribution < 1.29 is 31.8 Å². The number of sulfone groups is 1. The van der Waals surface area contributed by atoms with Crippen molar-refractivity contribution in [3.8, 4) is 11.5 Å². The van der Waals surface area contributed by atoms with Crippen molar-refractivity contribution in [2.24, 2.45) is 5.41 Å². The quantitative estimate of drug-likeness (QED) is 0.167. The number of hydrogen-bond donors (Lipinski definition) is 4. The molecule has 9 nitrogen and oxygen atoms in total. The van der Waals surface area contributed by atoms with Gasteiger partial charge >= 0.3 is 5.97 Å². The number of aromatic amines is 1. The predicted molar refractivity (Wildman–Crippen MR) is 194 cm³/mol. The van der Waals surface area contributed by atoms with E-state index in [1.807, 2.05) is 57.0 Å². The van der Waals surface area contributed by atoms with Gasteiger partial charge in [0.25, 0.3) is 0 Å². The number of aromatic nitrogens is 1. The maximum absolute atomic E-state index is 15.9. The first-order chi connectivity index (χ1) is 24.0. The van der Waals surface area contributed by atoms with Gasteiger partial charge in [0.1, 0.15) is 17.7 Å². The van der Waals surface area contributed by atoms with Crippen LogP contribution in [0.15, 0.2) is 60.8 Å². The maximum atomic E-state index is 15.9. The molecule has 12 heteroatoms. The summed E-state index contributed by atoms with van der Waals surface area (Å²) in [6.45, 7) is 10.1. The van der Waals surface area contributed by atoms with Crippen LogP contribution in [0, 0.1) is 17.0 Å². The largest absolute Gasteiger partial charge is 0.481 e. The first-order valence-electron chi connectivity index (χ1n) is 17.6. The number of carboxylic acid groups (broad SMARTS) is 1. The smallest absolute Gasteiger partial charge is 0.303 e. The zero-order chi connectivity index (χ0) is 36.7. The van der Waals surface area contributed by atoms with Gasteiger partial charge < -0.3 is 14.8 Å². The second-order valence-electron chi connectivity index (χ2n) is 15.4. The molecule has 3 unspecified atom stereocenters. The first kappa shape index (κ1) is 36.9. The third kappa shape index (κ3) is 7.99. The molecule has 4 bridgehead atoms. The van der Waals surface area contributed by atoms with Gasteiger partial charge in [0.2, 0.25) is 0 Å². The summed E-state index contributed by atoms with van der Waals surface area (Å²) in [6.07, 6.45) is 3.07. The fourth-order valence-electron chi connectivity index (χ4n) is 7.73. The number of benzene rings is 3. The maximum Gasteiger partial charge on any atom is 0.303 e. The second-order valence-corrected chi connectivity index (χ2v) is 17.6. The number of nitrogens with one attached hydrogen (secondary N) is 3. The van der Waals surface area contributed by atoms with E-state index >= 15 is 8.78 Å². The molecular weight excluding hydrogens is 675 g/mol. The molecule has 2 aliphatic heterocycles. The Morgan fingerprint density at radius 3 is 2.59 bits per heavy atom. The molecule has 1 saturated heterocycles. The number of halogens is 2. The minimum Gasteiger partial charge on any atom is -0.481 e. The number of aliphatic carboxylic acids is 1. The summed E-state index contributed by atoms with van der Waals surface area (Å²) in [6, 6.07) is 15.3. The lowest BCUT2D eigenvalue weighted by Crippen LogP contribution is -2.52. The summed E-state index contributed by atoms with van der Waals surface area (Å²) < 4.78 is 65.2. The highest BCUT2D eigenvalue weighted by molar-refractivity contribution is 7.91. The van der Waals surface area contributed by atoms with Crippen LogP contribution < -0.4 is 15.5 Å². The molecule has 6 rings (SSSR count). The van der Waals surface area contributed by atoms with Crippen LogP contribution in [0.25, 0.3) is 10.9 Å². The van der Waals surface area contributed by atoms with Crippen molar-refractivity contribution in [2.45, 2.75) is 96.9 Å². The van der Waals surface area contributed by atoms with Crippen LogP contribution >= 0.6 is 0 Å². The van der Waals surface area contributed by atoms with Gasteiger partial charge in [-0.15, -0.1) is 0 Å². The summed E-state index contributed by atoms with van der Waals surface area (Å²) >= 11 is 0. The van der Waals surface area contributed by atoms with Crippen LogP contribution in [0.3, 0.4) is 0 Å². The number of hydrazine groups is 1. The van der Waals surface area contributed by atoms with E-state index < -0.39 is 50.6 Å². The molecule has 0 saturated carbocycles. The molecule has 2 aliphatic rings. The van der Waals surface area contributed by atoms with Crippen LogP contribution in [0.1, 0.15) is 88.7 Å².